The number of amides is 2. The van der Waals surface area contributed by atoms with Gasteiger partial charge in [0.15, 0.2) is 5.16 Å². The average molecular weight is 386 g/mol. The van der Waals surface area contributed by atoms with Crippen LogP contribution in [0, 0.1) is 0 Å². The highest BCUT2D eigenvalue weighted by Gasteiger charge is 2.15. The van der Waals surface area contributed by atoms with Crippen molar-refractivity contribution in [1.82, 2.24) is 19.6 Å². The van der Waals surface area contributed by atoms with Crippen LogP contribution in [-0.2, 0) is 4.79 Å². The SMILES string of the molecule is CC(C)c1cc(=O)[nH]c2nnc(SCC(=O)Nc3ccc(C(N)=O)cc3)n12. The van der Waals surface area contributed by atoms with E-state index in [1.54, 1.807) is 28.7 Å². The molecule has 2 heterocycles. The Morgan fingerprint density at radius 3 is 2.59 bits per heavy atom. The highest BCUT2D eigenvalue weighted by Crippen LogP contribution is 2.21. The van der Waals surface area contributed by atoms with Crippen LogP contribution in [0.1, 0.15) is 35.8 Å². The van der Waals surface area contributed by atoms with E-state index in [2.05, 4.69) is 20.5 Å². The first-order chi connectivity index (χ1) is 12.8. The first-order valence-electron chi connectivity index (χ1n) is 8.16. The summed E-state index contributed by atoms with van der Waals surface area (Å²) in [6.45, 7) is 3.93. The molecule has 0 radical (unpaired) electrons. The fraction of sp³-hybridized carbons (Fsp3) is 0.235. The highest BCUT2D eigenvalue weighted by molar-refractivity contribution is 7.99. The molecule has 0 spiro atoms. The number of fused-ring (bicyclic) bond motifs is 1. The van der Waals surface area contributed by atoms with Crippen molar-refractivity contribution in [3.05, 3.63) is 51.9 Å². The van der Waals surface area contributed by atoms with Crippen LogP contribution in [0.25, 0.3) is 5.78 Å². The number of anilines is 1. The molecule has 0 saturated heterocycles. The van der Waals surface area contributed by atoms with Crippen LogP contribution in [0.4, 0.5) is 5.69 Å². The van der Waals surface area contributed by atoms with Gasteiger partial charge in [-0.2, -0.15) is 0 Å². The number of nitrogens with two attached hydrogens (primary N) is 1. The molecule has 2 aromatic heterocycles. The van der Waals surface area contributed by atoms with Gasteiger partial charge in [-0.15, -0.1) is 10.2 Å². The van der Waals surface area contributed by atoms with Gasteiger partial charge < -0.3 is 11.1 Å². The van der Waals surface area contributed by atoms with Crippen LogP contribution in [0.2, 0.25) is 0 Å². The number of primary amides is 1. The van der Waals surface area contributed by atoms with E-state index < -0.39 is 5.91 Å². The number of aromatic amines is 1. The lowest BCUT2D eigenvalue weighted by atomic mass is 10.1. The summed E-state index contributed by atoms with van der Waals surface area (Å²) in [5, 5.41) is 11.3. The summed E-state index contributed by atoms with van der Waals surface area (Å²) in [5.41, 5.74) is 6.64. The largest absolute Gasteiger partial charge is 0.366 e. The van der Waals surface area contributed by atoms with E-state index in [0.29, 0.717) is 22.2 Å². The number of carbonyl (C=O) groups excluding carboxylic acids is 2. The smallest absolute Gasteiger partial charge is 0.252 e. The number of thioether (sulfide) groups is 1. The van der Waals surface area contributed by atoms with Crippen molar-refractivity contribution >= 4 is 35.0 Å². The van der Waals surface area contributed by atoms with E-state index in [0.717, 1.165) is 5.69 Å². The van der Waals surface area contributed by atoms with Crippen LogP contribution >= 0.6 is 11.8 Å². The number of carbonyl (C=O) groups is 2. The second-order valence-corrected chi connectivity index (χ2v) is 7.08. The summed E-state index contributed by atoms with van der Waals surface area (Å²) in [4.78, 5) is 37.6. The molecule has 10 heteroatoms. The Morgan fingerprint density at radius 2 is 1.96 bits per heavy atom. The molecule has 0 aliphatic heterocycles. The third kappa shape index (κ3) is 4.17. The number of nitrogens with one attached hydrogen (secondary N) is 2. The van der Waals surface area contributed by atoms with E-state index in [4.69, 9.17) is 5.73 Å². The molecule has 27 heavy (non-hydrogen) atoms. The molecule has 0 unspecified atom stereocenters. The Kier molecular flexibility index (Phi) is 5.26. The molecule has 3 rings (SSSR count). The predicted molar refractivity (Wildman–Crippen MR) is 102 cm³/mol. The number of H-pyrrole nitrogens is 1. The molecule has 0 fully saturated rings. The minimum Gasteiger partial charge on any atom is -0.366 e. The maximum atomic E-state index is 12.2. The maximum Gasteiger partial charge on any atom is 0.252 e. The molecule has 1 aromatic carbocycles. The van der Waals surface area contributed by atoms with Gasteiger partial charge in [-0.3, -0.25) is 23.8 Å². The molecule has 0 aliphatic rings. The average Bonchev–Trinajstić information content (AvgIpc) is 3.02. The number of aromatic nitrogens is 4. The molecule has 0 atom stereocenters. The van der Waals surface area contributed by atoms with Crippen molar-refractivity contribution in [2.24, 2.45) is 5.73 Å². The van der Waals surface area contributed by atoms with Crippen molar-refractivity contribution in [3.8, 4) is 0 Å². The van der Waals surface area contributed by atoms with Gasteiger partial charge in [-0.1, -0.05) is 25.6 Å². The monoisotopic (exact) mass is 386 g/mol. The number of hydrogen-bond donors (Lipinski definition) is 3. The molecule has 9 nitrogen and oxygen atoms in total. The molecule has 0 saturated carbocycles. The van der Waals surface area contributed by atoms with Crippen molar-refractivity contribution in [3.63, 3.8) is 0 Å². The van der Waals surface area contributed by atoms with Crippen molar-refractivity contribution in [1.29, 1.82) is 0 Å². The number of benzene rings is 1. The minimum atomic E-state index is -0.527. The lowest BCUT2D eigenvalue weighted by Crippen LogP contribution is -2.16. The van der Waals surface area contributed by atoms with Gasteiger partial charge >= 0.3 is 0 Å². The third-order valence-electron chi connectivity index (χ3n) is 3.78. The van der Waals surface area contributed by atoms with E-state index in [9.17, 15) is 14.4 Å². The van der Waals surface area contributed by atoms with Crippen LogP contribution in [0.15, 0.2) is 40.3 Å². The zero-order valence-corrected chi connectivity index (χ0v) is 15.5. The predicted octanol–water partition coefficient (Wildman–Crippen LogP) is 1.37. The Hall–Kier alpha value is -3.14. The van der Waals surface area contributed by atoms with Gasteiger partial charge in [0.1, 0.15) is 0 Å². The fourth-order valence-corrected chi connectivity index (χ4v) is 3.24. The third-order valence-corrected chi connectivity index (χ3v) is 4.71. The van der Waals surface area contributed by atoms with Gasteiger partial charge in [-0.25, -0.2) is 0 Å². The normalized spacial score (nSPS) is 11.1. The summed E-state index contributed by atoms with van der Waals surface area (Å²) in [5.74, 6) is -0.228. The van der Waals surface area contributed by atoms with E-state index in [1.165, 1.54) is 17.8 Å². The van der Waals surface area contributed by atoms with Crippen molar-refractivity contribution < 1.29 is 9.59 Å². The van der Waals surface area contributed by atoms with Crippen LogP contribution < -0.4 is 16.6 Å². The first kappa shape index (κ1) is 18.6. The van der Waals surface area contributed by atoms with E-state index >= 15 is 0 Å². The second-order valence-electron chi connectivity index (χ2n) is 6.13. The summed E-state index contributed by atoms with van der Waals surface area (Å²) in [7, 11) is 0. The quantitative estimate of drug-likeness (QED) is 0.548. The molecular formula is C17H18N6O3S. The molecule has 0 aliphatic carbocycles. The van der Waals surface area contributed by atoms with Gasteiger partial charge in [0, 0.05) is 23.0 Å². The molecule has 4 N–H and O–H groups in total. The Balaban J connectivity index is 1.72. The molecule has 0 bridgehead atoms. The van der Waals surface area contributed by atoms with Crippen LogP contribution in [0.5, 0.6) is 0 Å². The van der Waals surface area contributed by atoms with E-state index in [-0.39, 0.29) is 23.1 Å². The highest BCUT2D eigenvalue weighted by atomic mass is 32.2. The first-order valence-corrected chi connectivity index (χ1v) is 9.14. The molecule has 140 valence electrons. The second kappa shape index (κ2) is 7.62. The summed E-state index contributed by atoms with van der Waals surface area (Å²) >= 11 is 1.21. The molecule has 2 amide bonds. The van der Waals surface area contributed by atoms with E-state index in [1.807, 2.05) is 13.8 Å². The van der Waals surface area contributed by atoms with Crippen molar-refractivity contribution in [2.75, 3.05) is 11.1 Å². The number of hydrogen-bond acceptors (Lipinski definition) is 6. The van der Waals surface area contributed by atoms with Gasteiger partial charge in [0.05, 0.1) is 5.75 Å². The minimum absolute atomic E-state index is 0.0859. The lowest BCUT2D eigenvalue weighted by Gasteiger charge is -2.10. The number of rotatable bonds is 6. The van der Waals surface area contributed by atoms with Crippen molar-refractivity contribution in [2.45, 2.75) is 24.9 Å². The van der Waals surface area contributed by atoms with Crippen LogP contribution in [0.3, 0.4) is 0 Å². The van der Waals surface area contributed by atoms with Gasteiger partial charge in [0.25, 0.3) is 5.56 Å². The summed E-state index contributed by atoms with van der Waals surface area (Å²) in [6.07, 6.45) is 0. The van der Waals surface area contributed by atoms with Gasteiger partial charge in [-0.05, 0) is 30.2 Å². The van der Waals surface area contributed by atoms with Crippen LogP contribution in [-0.4, -0.2) is 37.1 Å². The lowest BCUT2D eigenvalue weighted by molar-refractivity contribution is -0.113. The topological polar surface area (TPSA) is 135 Å². The number of nitrogens with zero attached hydrogens (tertiary/aromatic N) is 3. The fourth-order valence-electron chi connectivity index (χ4n) is 2.49. The van der Waals surface area contributed by atoms with Gasteiger partial charge in [0.2, 0.25) is 17.6 Å². The standard InChI is InChI=1S/C17H18N6O3S/c1-9(2)12-7-13(24)20-16-21-22-17(23(12)16)27-8-14(25)19-11-5-3-10(4-6-11)15(18)26/h3-7,9H,8H2,1-2H3,(H2,18,26)(H,19,25)(H,20,21,24). The Labute approximate surface area is 158 Å². The molecular weight excluding hydrogens is 368 g/mol. The zero-order chi connectivity index (χ0) is 19.6. The summed E-state index contributed by atoms with van der Waals surface area (Å²) in [6, 6.07) is 7.81. The molecule has 3 aromatic rings. The Bertz CT molecular complexity index is 1050. The summed E-state index contributed by atoms with van der Waals surface area (Å²) < 4.78 is 1.74. The zero-order valence-electron chi connectivity index (χ0n) is 14.7. The maximum absolute atomic E-state index is 12.2. The Morgan fingerprint density at radius 1 is 1.26 bits per heavy atom.